The van der Waals surface area contributed by atoms with Crippen molar-refractivity contribution >= 4 is 21.6 Å². The van der Waals surface area contributed by atoms with E-state index in [1.54, 1.807) is 29.1 Å². The van der Waals surface area contributed by atoms with Crippen molar-refractivity contribution in [2.24, 2.45) is 7.05 Å². The number of hydrogen-bond donors (Lipinski definition) is 0. The van der Waals surface area contributed by atoms with E-state index in [2.05, 4.69) is 20.5 Å². The summed E-state index contributed by atoms with van der Waals surface area (Å²) in [5.74, 6) is 0.468. The Morgan fingerprint density at radius 3 is 2.73 bits per heavy atom. The third kappa shape index (κ3) is 3.16. The summed E-state index contributed by atoms with van der Waals surface area (Å²) in [5, 5.41) is 13.0. The minimum absolute atomic E-state index is 0.238. The van der Waals surface area contributed by atoms with E-state index in [0.717, 1.165) is 26.5 Å². The number of aromatic nitrogens is 7. The molecule has 0 fully saturated rings. The highest BCUT2D eigenvalue weighted by Crippen LogP contribution is 2.25. The number of nitrogens with zero attached hydrogens (tertiary/aromatic N) is 7. The molecule has 5 aromatic rings. The van der Waals surface area contributed by atoms with E-state index in [4.69, 9.17) is 4.74 Å². The lowest BCUT2D eigenvalue weighted by molar-refractivity contribution is 0.290. The number of tetrazole rings is 1. The van der Waals surface area contributed by atoms with Crippen LogP contribution in [0.15, 0.2) is 59.5 Å². The number of para-hydroxylation sites is 1. The number of hydrogen-bond acceptors (Lipinski definition) is 7. The summed E-state index contributed by atoms with van der Waals surface area (Å²) >= 11 is 1.56. The van der Waals surface area contributed by atoms with Crippen molar-refractivity contribution in [1.82, 2.24) is 34.6 Å². The highest BCUT2D eigenvalue weighted by Gasteiger charge is 2.14. The van der Waals surface area contributed by atoms with Gasteiger partial charge in [-0.25, -0.2) is 14.5 Å². The average molecular weight is 419 g/mol. The zero-order chi connectivity index (χ0) is 20.7. The lowest BCUT2D eigenvalue weighted by atomic mass is 10.1. The molecule has 0 amide bonds. The van der Waals surface area contributed by atoms with Crippen LogP contribution in [0.5, 0.6) is 5.88 Å². The summed E-state index contributed by atoms with van der Waals surface area (Å²) < 4.78 is 11.2. The third-order valence-electron chi connectivity index (χ3n) is 4.74. The second kappa shape index (κ2) is 7.23. The van der Waals surface area contributed by atoms with Gasteiger partial charge in [-0.3, -0.25) is 0 Å². The van der Waals surface area contributed by atoms with E-state index in [1.807, 2.05) is 55.6 Å². The number of ether oxygens (including phenoxy) is 1. The number of benzene rings is 2. The minimum atomic E-state index is -0.318. The molecule has 0 aliphatic carbocycles. The van der Waals surface area contributed by atoms with Crippen LogP contribution in [-0.4, -0.2) is 34.6 Å². The fourth-order valence-electron chi connectivity index (χ4n) is 3.13. The van der Waals surface area contributed by atoms with Crippen LogP contribution >= 0.6 is 11.3 Å². The van der Waals surface area contributed by atoms with E-state index in [0.29, 0.717) is 11.6 Å². The van der Waals surface area contributed by atoms with E-state index in [1.165, 1.54) is 9.36 Å². The third-order valence-corrected chi connectivity index (χ3v) is 5.77. The molecule has 3 heterocycles. The van der Waals surface area contributed by atoms with Crippen LogP contribution in [0.4, 0.5) is 0 Å². The predicted molar refractivity (Wildman–Crippen MR) is 112 cm³/mol. The van der Waals surface area contributed by atoms with Crippen molar-refractivity contribution in [1.29, 1.82) is 0 Å². The molecule has 9 nitrogen and oxygen atoms in total. The Balaban J connectivity index is 1.41. The van der Waals surface area contributed by atoms with Crippen LogP contribution in [0.2, 0.25) is 0 Å². The fourth-order valence-corrected chi connectivity index (χ4v) is 4.03. The normalized spacial score (nSPS) is 11.3. The van der Waals surface area contributed by atoms with E-state index in [9.17, 15) is 4.79 Å². The van der Waals surface area contributed by atoms with Gasteiger partial charge in [0.25, 0.3) is 0 Å². The lowest BCUT2D eigenvalue weighted by Gasteiger charge is -2.11. The molecule has 150 valence electrons. The second-order valence-electron chi connectivity index (χ2n) is 6.72. The standard InChI is InChI=1S/C20H17N7O2S/c1-13-6-5-8-16(27-20(28)25(2)23-24-27)14(13)12-29-18-10-11-26(22-18)19-21-15-7-3-4-9-17(15)30-19/h3-11H,12H2,1-2H3. The molecule has 3 aromatic heterocycles. The predicted octanol–water partition coefficient (Wildman–Crippen LogP) is 2.65. The molecule has 0 N–H and O–H groups in total. The van der Waals surface area contributed by atoms with Crippen LogP contribution in [0.25, 0.3) is 21.0 Å². The Labute approximate surface area is 174 Å². The van der Waals surface area contributed by atoms with Gasteiger partial charge in [-0.2, -0.15) is 9.36 Å². The van der Waals surface area contributed by atoms with E-state index >= 15 is 0 Å². The SMILES string of the molecule is Cc1cccc(-n2nnn(C)c2=O)c1COc1ccn(-c2nc3ccccc3s2)n1. The van der Waals surface area contributed by atoms with Crippen molar-refractivity contribution in [2.75, 3.05) is 0 Å². The van der Waals surface area contributed by atoms with E-state index < -0.39 is 0 Å². The van der Waals surface area contributed by atoms with Crippen molar-refractivity contribution in [3.63, 3.8) is 0 Å². The van der Waals surface area contributed by atoms with Crippen molar-refractivity contribution in [3.8, 4) is 16.7 Å². The summed E-state index contributed by atoms with van der Waals surface area (Å²) in [4.78, 5) is 16.9. The quantitative estimate of drug-likeness (QED) is 0.435. The van der Waals surface area contributed by atoms with Crippen molar-refractivity contribution in [2.45, 2.75) is 13.5 Å². The molecular formula is C20H17N7O2S. The molecular weight excluding hydrogens is 402 g/mol. The summed E-state index contributed by atoms with van der Waals surface area (Å²) in [6.45, 7) is 2.20. The van der Waals surface area contributed by atoms with Gasteiger partial charge in [0.15, 0.2) is 0 Å². The first-order valence-corrected chi connectivity index (χ1v) is 10.0. The Morgan fingerprint density at radius 2 is 1.93 bits per heavy atom. The Hall–Kier alpha value is -3.79. The molecule has 0 bridgehead atoms. The molecule has 0 saturated heterocycles. The maximum atomic E-state index is 12.3. The Kier molecular flexibility index (Phi) is 4.40. The number of rotatable bonds is 5. The molecule has 10 heteroatoms. The number of thiazole rings is 1. The van der Waals surface area contributed by atoms with Crippen molar-refractivity contribution in [3.05, 3.63) is 76.3 Å². The molecule has 0 aliphatic rings. The maximum absolute atomic E-state index is 12.3. The molecule has 0 aliphatic heterocycles. The van der Waals surface area contributed by atoms with Crippen molar-refractivity contribution < 1.29 is 4.74 Å². The second-order valence-corrected chi connectivity index (χ2v) is 7.73. The number of aryl methyl sites for hydroxylation is 2. The molecule has 0 unspecified atom stereocenters. The van der Waals surface area contributed by atoms with Gasteiger partial charge in [0.1, 0.15) is 6.61 Å². The van der Waals surface area contributed by atoms with Gasteiger partial charge in [0, 0.05) is 24.9 Å². The molecule has 2 aromatic carbocycles. The first kappa shape index (κ1) is 18.3. The van der Waals surface area contributed by atoms with Crippen LogP contribution < -0.4 is 10.4 Å². The largest absolute Gasteiger partial charge is 0.472 e. The highest BCUT2D eigenvalue weighted by atomic mass is 32.1. The monoisotopic (exact) mass is 419 g/mol. The molecule has 5 rings (SSSR count). The molecule has 0 radical (unpaired) electrons. The van der Waals surface area contributed by atoms with Gasteiger partial charge < -0.3 is 4.74 Å². The summed E-state index contributed by atoms with van der Waals surface area (Å²) in [6, 6.07) is 15.4. The number of fused-ring (bicyclic) bond motifs is 1. The highest BCUT2D eigenvalue weighted by molar-refractivity contribution is 7.20. The topological polar surface area (TPSA) is 92.7 Å². The van der Waals surface area contributed by atoms with Crippen LogP contribution in [0.1, 0.15) is 11.1 Å². The van der Waals surface area contributed by atoms with Gasteiger partial charge in [-0.15, -0.1) is 5.10 Å². The molecule has 0 atom stereocenters. The van der Waals surface area contributed by atoms with E-state index in [-0.39, 0.29) is 12.3 Å². The maximum Gasteiger partial charge on any atom is 0.368 e. The van der Waals surface area contributed by atoms with Gasteiger partial charge in [0.05, 0.1) is 15.9 Å². The average Bonchev–Trinajstić information content (AvgIpc) is 3.46. The van der Waals surface area contributed by atoms with Gasteiger partial charge in [-0.1, -0.05) is 35.6 Å². The first-order chi connectivity index (χ1) is 14.6. The van der Waals surface area contributed by atoms with Crippen LogP contribution in [0, 0.1) is 6.92 Å². The van der Waals surface area contributed by atoms with Crippen LogP contribution in [-0.2, 0) is 13.7 Å². The zero-order valence-corrected chi connectivity index (χ0v) is 17.1. The van der Waals surface area contributed by atoms with Gasteiger partial charge >= 0.3 is 5.69 Å². The summed E-state index contributed by atoms with van der Waals surface area (Å²) in [6.07, 6.45) is 1.82. The van der Waals surface area contributed by atoms with Crippen LogP contribution in [0.3, 0.4) is 0 Å². The molecule has 0 spiro atoms. The Bertz CT molecular complexity index is 1380. The fraction of sp³-hybridized carbons (Fsp3) is 0.150. The lowest BCUT2D eigenvalue weighted by Crippen LogP contribution is -2.23. The summed E-state index contributed by atoms with van der Waals surface area (Å²) in [5.41, 5.74) is 3.08. The molecule has 30 heavy (non-hydrogen) atoms. The zero-order valence-electron chi connectivity index (χ0n) is 16.3. The van der Waals surface area contributed by atoms with Gasteiger partial charge in [-0.05, 0) is 41.1 Å². The molecule has 0 saturated carbocycles. The first-order valence-electron chi connectivity index (χ1n) is 9.22. The van der Waals surface area contributed by atoms with Gasteiger partial charge in [0.2, 0.25) is 11.0 Å². The summed E-state index contributed by atoms with van der Waals surface area (Å²) in [7, 11) is 1.56. The minimum Gasteiger partial charge on any atom is -0.472 e. The smallest absolute Gasteiger partial charge is 0.368 e. The Morgan fingerprint density at radius 1 is 1.07 bits per heavy atom.